The van der Waals surface area contributed by atoms with E-state index in [1.807, 2.05) is 0 Å². The lowest BCUT2D eigenvalue weighted by Gasteiger charge is -2.12. The van der Waals surface area contributed by atoms with Crippen molar-refractivity contribution in [2.75, 3.05) is 0 Å². The van der Waals surface area contributed by atoms with E-state index in [0.717, 1.165) is 11.6 Å². The van der Waals surface area contributed by atoms with Crippen molar-refractivity contribution < 1.29 is 26.3 Å². The standard InChI is InChI=1S/C18H10F6N2/c1-9-7-25-17(26-8-9)10-2-3-12(13(19)4-10)11-5-14(20)16(15(21)6-11)18(22,23)24/h2-8H,1H3. The summed E-state index contributed by atoms with van der Waals surface area (Å²) in [5, 5.41) is 0. The molecule has 1 aromatic heterocycles. The maximum absolute atomic E-state index is 14.4. The van der Waals surface area contributed by atoms with Gasteiger partial charge in [-0.3, -0.25) is 0 Å². The smallest absolute Gasteiger partial charge is 0.236 e. The molecule has 0 spiro atoms. The van der Waals surface area contributed by atoms with E-state index in [9.17, 15) is 26.3 Å². The van der Waals surface area contributed by atoms with Crippen LogP contribution in [0.15, 0.2) is 42.7 Å². The van der Waals surface area contributed by atoms with Gasteiger partial charge in [0.2, 0.25) is 0 Å². The van der Waals surface area contributed by atoms with Gasteiger partial charge in [-0.15, -0.1) is 0 Å². The average molecular weight is 368 g/mol. The molecule has 0 saturated carbocycles. The van der Waals surface area contributed by atoms with E-state index in [1.165, 1.54) is 24.5 Å². The zero-order valence-electron chi connectivity index (χ0n) is 13.2. The molecule has 26 heavy (non-hydrogen) atoms. The second kappa shape index (κ2) is 6.44. The molecular formula is C18H10F6N2. The summed E-state index contributed by atoms with van der Waals surface area (Å²) in [5.41, 5.74) is -1.47. The van der Waals surface area contributed by atoms with Crippen molar-refractivity contribution in [1.29, 1.82) is 0 Å². The summed E-state index contributed by atoms with van der Waals surface area (Å²) in [5.74, 6) is -4.24. The van der Waals surface area contributed by atoms with Crippen LogP contribution in [0.1, 0.15) is 11.1 Å². The fraction of sp³-hybridized carbons (Fsp3) is 0.111. The Bertz CT molecular complexity index is 941. The first kappa shape index (κ1) is 17.9. The number of hydrogen-bond acceptors (Lipinski definition) is 2. The Hall–Kier alpha value is -2.90. The van der Waals surface area contributed by atoms with Crippen LogP contribution in [0.3, 0.4) is 0 Å². The van der Waals surface area contributed by atoms with Crippen LogP contribution in [0, 0.1) is 24.4 Å². The van der Waals surface area contributed by atoms with Crippen LogP contribution >= 0.6 is 0 Å². The van der Waals surface area contributed by atoms with E-state index in [0.29, 0.717) is 17.7 Å². The van der Waals surface area contributed by atoms with Gasteiger partial charge >= 0.3 is 6.18 Å². The monoisotopic (exact) mass is 368 g/mol. The maximum Gasteiger partial charge on any atom is 0.422 e. The molecule has 3 aromatic rings. The Kier molecular flexibility index (Phi) is 4.43. The predicted octanol–water partition coefficient (Wildman–Crippen LogP) is 5.56. The van der Waals surface area contributed by atoms with E-state index in [2.05, 4.69) is 9.97 Å². The summed E-state index contributed by atoms with van der Waals surface area (Å²) in [6, 6.07) is 4.57. The summed E-state index contributed by atoms with van der Waals surface area (Å²) in [6.07, 6.45) is -2.11. The van der Waals surface area contributed by atoms with Crippen LogP contribution in [0.25, 0.3) is 22.5 Å². The number of aromatic nitrogens is 2. The maximum atomic E-state index is 14.4. The highest BCUT2D eigenvalue weighted by Crippen LogP contribution is 2.36. The predicted molar refractivity (Wildman–Crippen MR) is 82.5 cm³/mol. The Morgan fingerprint density at radius 2 is 1.31 bits per heavy atom. The molecule has 134 valence electrons. The molecule has 1 heterocycles. The summed E-state index contributed by atoms with van der Waals surface area (Å²) < 4.78 is 79.7. The first-order valence-electron chi connectivity index (χ1n) is 7.32. The van der Waals surface area contributed by atoms with Crippen LogP contribution in [-0.2, 0) is 6.18 Å². The van der Waals surface area contributed by atoms with E-state index in [4.69, 9.17) is 0 Å². The molecule has 0 unspecified atom stereocenters. The minimum Gasteiger partial charge on any atom is -0.236 e. The highest BCUT2D eigenvalue weighted by atomic mass is 19.4. The van der Waals surface area contributed by atoms with Gasteiger partial charge in [-0.1, -0.05) is 12.1 Å². The van der Waals surface area contributed by atoms with Gasteiger partial charge in [0.05, 0.1) is 0 Å². The SMILES string of the molecule is Cc1cnc(-c2ccc(-c3cc(F)c(C(F)(F)F)c(F)c3)c(F)c2)nc1. The molecule has 2 nitrogen and oxygen atoms in total. The van der Waals surface area contributed by atoms with Gasteiger partial charge in [0, 0.05) is 23.5 Å². The number of aryl methyl sites for hydroxylation is 1. The van der Waals surface area contributed by atoms with Crippen LogP contribution in [0.2, 0.25) is 0 Å². The lowest BCUT2D eigenvalue weighted by molar-refractivity contribution is -0.142. The summed E-state index contributed by atoms with van der Waals surface area (Å²) in [7, 11) is 0. The highest BCUT2D eigenvalue weighted by Gasteiger charge is 2.38. The summed E-state index contributed by atoms with van der Waals surface area (Å²) in [4.78, 5) is 8.07. The normalized spacial score (nSPS) is 11.7. The molecule has 8 heteroatoms. The third-order valence-electron chi connectivity index (χ3n) is 3.64. The highest BCUT2D eigenvalue weighted by molar-refractivity contribution is 5.69. The minimum absolute atomic E-state index is 0.242. The molecule has 0 amide bonds. The number of rotatable bonds is 2. The molecule has 0 bridgehead atoms. The average Bonchev–Trinajstić information content (AvgIpc) is 2.53. The Morgan fingerprint density at radius 3 is 1.81 bits per heavy atom. The second-order valence-corrected chi connectivity index (χ2v) is 5.59. The van der Waals surface area contributed by atoms with Crippen molar-refractivity contribution in [3.05, 3.63) is 71.3 Å². The van der Waals surface area contributed by atoms with Crippen molar-refractivity contribution in [3.63, 3.8) is 0 Å². The fourth-order valence-corrected chi connectivity index (χ4v) is 2.43. The van der Waals surface area contributed by atoms with Gasteiger partial charge in [-0.05, 0) is 36.2 Å². The largest absolute Gasteiger partial charge is 0.422 e. The van der Waals surface area contributed by atoms with Crippen molar-refractivity contribution >= 4 is 0 Å². The molecule has 0 aliphatic rings. The van der Waals surface area contributed by atoms with Crippen molar-refractivity contribution in [2.45, 2.75) is 13.1 Å². The Balaban J connectivity index is 2.04. The van der Waals surface area contributed by atoms with E-state index in [-0.39, 0.29) is 17.0 Å². The lowest BCUT2D eigenvalue weighted by Crippen LogP contribution is -2.11. The number of benzene rings is 2. The molecule has 0 N–H and O–H groups in total. The molecule has 0 atom stereocenters. The van der Waals surface area contributed by atoms with Gasteiger partial charge in [0.1, 0.15) is 23.0 Å². The van der Waals surface area contributed by atoms with Crippen LogP contribution in [0.5, 0.6) is 0 Å². The molecule has 0 aliphatic heterocycles. The lowest BCUT2D eigenvalue weighted by atomic mass is 10.0. The third-order valence-corrected chi connectivity index (χ3v) is 3.64. The van der Waals surface area contributed by atoms with E-state index in [1.54, 1.807) is 6.92 Å². The number of hydrogen-bond donors (Lipinski definition) is 0. The quantitative estimate of drug-likeness (QED) is 0.554. The second-order valence-electron chi connectivity index (χ2n) is 5.59. The van der Waals surface area contributed by atoms with Crippen LogP contribution < -0.4 is 0 Å². The fourth-order valence-electron chi connectivity index (χ4n) is 2.43. The first-order chi connectivity index (χ1) is 12.2. The number of alkyl halides is 3. The van der Waals surface area contributed by atoms with Crippen molar-refractivity contribution in [3.8, 4) is 22.5 Å². The first-order valence-corrected chi connectivity index (χ1v) is 7.32. The Morgan fingerprint density at radius 1 is 0.769 bits per heavy atom. The van der Waals surface area contributed by atoms with Gasteiger partial charge in [0.25, 0.3) is 0 Å². The third kappa shape index (κ3) is 3.40. The number of nitrogens with zero attached hydrogens (tertiary/aromatic N) is 2. The molecule has 0 aliphatic carbocycles. The van der Waals surface area contributed by atoms with Crippen LogP contribution in [0.4, 0.5) is 26.3 Å². The molecule has 0 fully saturated rings. The molecule has 3 rings (SSSR count). The van der Waals surface area contributed by atoms with Crippen LogP contribution in [-0.4, -0.2) is 9.97 Å². The summed E-state index contributed by atoms with van der Waals surface area (Å²) >= 11 is 0. The zero-order chi connectivity index (χ0) is 19.1. The molecule has 0 radical (unpaired) electrons. The van der Waals surface area contributed by atoms with Gasteiger partial charge in [-0.25, -0.2) is 23.1 Å². The van der Waals surface area contributed by atoms with Crippen molar-refractivity contribution in [1.82, 2.24) is 9.97 Å². The van der Waals surface area contributed by atoms with Crippen molar-refractivity contribution in [2.24, 2.45) is 0 Å². The minimum atomic E-state index is -5.18. The topological polar surface area (TPSA) is 25.8 Å². The molecular weight excluding hydrogens is 358 g/mol. The summed E-state index contributed by atoms with van der Waals surface area (Å²) in [6.45, 7) is 1.78. The van der Waals surface area contributed by atoms with E-state index < -0.39 is 29.2 Å². The van der Waals surface area contributed by atoms with Gasteiger partial charge in [0.15, 0.2) is 5.82 Å². The Labute approximate surface area is 144 Å². The molecule has 2 aromatic carbocycles. The van der Waals surface area contributed by atoms with E-state index >= 15 is 0 Å². The zero-order valence-corrected chi connectivity index (χ0v) is 13.2. The number of halogens is 6. The molecule has 0 saturated heterocycles. The van der Waals surface area contributed by atoms with Gasteiger partial charge < -0.3 is 0 Å². The van der Waals surface area contributed by atoms with Gasteiger partial charge in [-0.2, -0.15) is 13.2 Å².